The largest absolute Gasteiger partial charge is 0.456 e. The minimum atomic E-state index is 0.834. The third-order valence-corrected chi connectivity index (χ3v) is 9.40. The first-order valence-corrected chi connectivity index (χ1v) is 15.2. The molecule has 5 aromatic carbocycles. The molecule has 0 saturated carbocycles. The minimum Gasteiger partial charge on any atom is -0.456 e. The van der Waals surface area contributed by atoms with Crippen molar-refractivity contribution in [2.45, 2.75) is 9.79 Å². The number of pyridine rings is 1. The molecule has 9 rings (SSSR count). The van der Waals surface area contributed by atoms with E-state index in [0.717, 1.165) is 45.5 Å². The molecule has 0 fully saturated rings. The van der Waals surface area contributed by atoms with Gasteiger partial charge < -0.3 is 14.2 Å². The van der Waals surface area contributed by atoms with Crippen molar-refractivity contribution in [3.63, 3.8) is 0 Å². The van der Waals surface area contributed by atoms with Gasteiger partial charge in [-0.05, 0) is 72.8 Å². The first-order chi connectivity index (χ1) is 21.2. The lowest BCUT2D eigenvalue weighted by Crippen LogP contribution is -2.23. The van der Waals surface area contributed by atoms with Gasteiger partial charge in [0.15, 0.2) is 0 Å². The number of anilines is 3. The van der Waals surface area contributed by atoms with Gasteiger partial charge in [-0.25, -0.2) is 4.98 Å². The third kappa shape index (κ3) is 3.76. The van der Waals surface area contributed by atoms with Gasteiger partial charge in [0.25, 0.3) is 0 Å². The van der Waals surface area contributed by atoms with E-state index in [2.05, 4.69) is 118 Å². The molecule has 0 N–H and O–H groups in total. The highest BCUT2D eigenvalue weighted by Crippen LogP contribution is 2.43. The van der Waals surface area contributed by atoms with E-state index in [9.17, 15) is 0 Å². The molecule has 206 valence electrons. The molecule has 43 heavy (non-hydrogen) atoms. The van der Waals surface area contributed by atoms with Gasteiger partial charge in [-0.15, -0.1) is 0 Å². The van der Waals surface area contributed by atoms with Crippen LogP contribution in [0.2, 0.25) is 0 Å². The standard InChI is InChI=1S/C37H26N4OS/c1-39-23-40(31-13-4-3-12-30(31)39)24-9-8-10-25(21-24)43-26-16-17-27-28-18-19-34-36(29-11-2-5-14-33(29)42-34)37(28)41(32(27)22-26)35-15-6-7-20-38-35/h2-22H,23H2,1H3. The van der Waals surface area contributed by atoms with Crippen LogP contribution in [-0.2, 0) is 0 Å². The van der Waals surface area contributed by atoms with Crippen molar-refractivity contribution in [3.8, 4) is 5.82 Å². The van der Waals surface area contributed by atoms with E-state index in [4.69, 9.17) is 9.40 Å². The summed E-state index contributed by atoms with van der Waals surface area (Å²) in [5.74, 6) is 0.890. The number of rotatable bonds is 4. The number of benzene rings is 5. The lowest BCUT2D eigenvalue weighted by molar-refractivity contribution is 0.669. The van der Waals surface area contributed by atoms with Crippen molar-refractivity contribution in [1.82, 2.24) is 9.55 Å². The van der Waals surface area contributed by atoms with E-state index in [1.165, 1.54) is 37.6 Å². The van der Waals surface area contributed by atoms with Gasteiger partial charge in [0.05, 0.1) is 34.5 Å². The Morgan fingerprint density at radius 1 is 0.674 bits per heavy atom. The quantitative estimate of drug-likeness (QED) is 0.209. The third-order valence-electron chi connectivity index (χ3n) is 8.42. The SMILES string of the molecule is CN1CN(c2cccc(Sc3ccc4c5ccc6oc7ccccc7c6c5n(-c5ccccn5)c4c3)c2)c2ccccc21. The number of nitrogens with zero attached hydrogens (tertiary/aromatic N) is 4. The highest BCUT2D eigenvalue weighted by Gasteiger charge is 2.24. The van der Waals surface area contributed by atoms with E-state index < -0.39 is 0 Å². The first-order valence-electron chi connectivity index (χ1n) is 14.4. The number of hydrogen-bond donors (Lipinski definition) is 0. The molecule has 1 aliphatic rings. The van der Waals surface area contributed by atoms with Crippen LogP contribution in [0.3, 0.4) is 0 Å². The van der Waals surface area contributed by atoms with Gasteiger partial charge in [0.1, 0.15) is 17.0 Å². The van der Waals surface area contributed by atoms with Crippen molar-refractivity contribution in [2.75, 3.05) is 23.5 Å². The van der Waals surface area contributed by atoms with Crippen LogP contribution in [0.5, 0.6) is 0 Å². The highest BCUT2D eigenvalue weighted by atomic mass is 32.2. The van der Waals surface area contributed by atoms with E-state index >= 15 is 0 Å². The fourth-order valence-corrected chi connectivity index (χ4v) is 7.44. The van der Waals surface area contributed by atoms with Gasteiger partial charge in [0, 0.05) is 44.9 Å². The summed E-state index contributed by atoms with van der Waals surface area (Å²) in [5.41, 5.74) is 7.72. The topological polar surface area (TPSA) is 37.4 Å². The van der Waals surface area contributed by atoms with Gasteiger partial charge in [-0.2, -0.15) is 0 Å². The molecule has 3 aromatic heterocycles. The lowest BCUT2D eigenvalue weighted by Gasteiger charge is -2.20. The molecule has 8 aromatic rings. The molecule has 6 heteroatoms. The van der Waals surface area contributed by atoms with E-state index in [0.29, 0.717) is 0 Å². The van der Waals surface area contributed by atoms with Crippen LogP contribution in [0.4, 0.5) is 17.1 Å². The smallest absolute Gasteiger partial charge is 0.137 e. The first kappa shape index (κ1) is 24.4. The zero-order chi connectivity index (χ0) is 28.5. The van der Waals surface area contributed by atoms with Crippen LogP contribution >= 0.6 is 11.8 Å². The van der Waals surface area contributed by atoms with Crippen molar-refractivity contribution in [2.24, 2.45) is 0 Å². The molecule has 0 saturated heterocycles. The molecule has 0 radical (unpaired) electrons. The summed E-state index contributed by atoms with van der Waals surface area (Å²) in [4.78, 5) is 11.9. The Morgan fingerprint density at radius 2 is 1.49 bits per heavy atom. The summed E-state index contributed by atoms with van der Waals surface area (Å²) in [6.45, 7) is 0.834. The number of furan rings is 1. The molecule has 0 unspecified atom stereocenters. The van der Waals surface area contributed by atoms with Crippen LogP contribution in [-0.4, -0.2) is 23.3 Å². The summed E-state index contributed by atoms with van der Waals surface area (Å²) >= 11 is 1.79. The van der Waals surface area contributed by atoms with Crippen LogP contribution in [0.15, 0.2) is 142 Å². The Kier molecular flexibility index (Phi) is 5.34. The average Bonchev–Trinajstić information content (AvgIpc) is 3.70. The molecule has 0 amide bonds. The molecule has 0 bridgehead atoms. The maximum Gasteiger partial charge on any atom is 0.137 e. The van der Waals surface area contributed by atoms with Crippen molar-refractivity contribution in [3.05, 3.63) is 128 Å². The monoisotopic (exact) mass is 574 g/mol. The molecule has 0 spiro atoms. The summed E-state index contributed by atoms with van der Waals surface area (Å²) in [6.07, 6.45) is 1.86. The predicted octanol–water partition coefficient (Wildman–Crippen LogP) is 9.77. The molecule has 5 nitrogen and oxygen atoms in total. The maximum atomic E-state index is 6.29. The van der Waals surface area contributed by atoms with Crippen molar-refractivity contribution < 1.29 is 4.42 Å². The van der Waals surface area contributed by atoms with Gasteiger partial charge >= 0.3 is 0 Å². The Labute approximate surface area is 252 Å². The van der Waals surface area contributed by atoms with Gasteiger partial charge in [0.2, 0.25) is 0 Å². The van der Waals surface area contributed by atoms with Crippen molar-refractivity contribution in [1.29, 1.82) is 0 Å². The number of aromatic nitrogens is 2. The minimum absolute atomic E-state index is 0.834. The Hall–Kier alpha value is -5.20. The number of fused-ring (bicyclic) bond motifs is 8. The number of hydrogen-bond acceptors (Lipinski definition) is 5. The fraction of sp³-hybridized carbons (Fsp3) is 0.0541. The summed E-state index contributed by atoms with van der Waals surface area (Å²) in [7, 11) is 2.15. The van der Waals surface area contributed by atoms with Gasteiger partial charge in [-0.1, -0.05) is 60.3 Å². The van der Waals surface area contributed by atoms with Crippen LogP contribution in [0, 0.1) is 0 Å². The summed E-state index contributed by atoms with van der Waals surface area (Å²) in [5, 5.41) is 4.62. The molecular weight excluding hydrogens is 549 g/mol. The van der Waals surface area contributed by atoms with Crippen LogP contribution in [0.1, 0.15) is 0 Å². The molecular formula is C37H26N4OS. The predicted molar refractivity (Wildman–Crippen MR) is 178 cm³/mol. The second-order valence-electron chi connectivity index (χ2n) is 11.0. The molecule has 4 heterocycles. The molecule has 0 atom stereocenters. The maximum absolute atomic E-state index is 6.29. The second-order valence-corrected chi connectivity index (χ2v) is 12.1. The Morgan fingerprint density at radius 3 is 2.40 bits per heavy atom. The van der Waals surface area contributed by atoms with Crippen LogP contribution < -0.4 is 9.80 Å². The zero-order valence-corrected chi connectivity index (χ0v) is 24.3. The summed E-state index contributed by atoms with van der Waals surface area (Å²) < 4.78 is 8.59. The lowest BCUT2D eigenvalue weighted by atomic mass is 10.1. The van der Waals surface area contributed by atoms with Crippen LogP contribution in [0.25, 0.3) is 49.6 Å². The molecule has 0 aliphatic carbocycles. The van der Waals surface area contributed by atoms with E-state index in [-0.39, 0.29) is 0 Å². The average molecular weight is 575 g/mol. The number of para-hydroxylation sites is 3. The normalized spacial score (nSPS) is 13.1. The second kappa shape index (κ2) is 9.41. The van der Waals surface area contributed by atoms with E-state index in [1.54, 1.807) is 11.8 Å². The summed E-state index contributed by atoms with van der Waals surface area (Å²) in [6, 6.07) is 42.9. The van der Waals surface area contributed by atoms with Gasteiger partial charge in [-0.3, -0.25) is 4.57 Å². The Balaban J connectivity index is 1.20. The highest BCUT2D eigenvalue weighted by molar-refractivity contribution is 7.99. The van der Waals surface area contributed by atoms with E-state index in [1.807, 2.05) is 30.5 Å². The fourth-order valence-electron chi connectivity index (χ4n) is 6.53. The molecule has 1 aliphatic heterocycles. The Bertz CT molecular complexity index is 2340. The zero-order valence-electron chi connectivity index (χ0n) is 23.4. The van der Waals surface area contributed by atoms with Crippen molar-refractivity contribution >= 4 is 72.6 Å².